The van der Waals surface area contributed by atoms with Crippen LogP contribution >= 0.6 is 0 Å². The number of benzene rings is 2. The molecule has 0 bridgehead atoms. The molecule has 0 spiro atoms. The standard InChI is InChI=1S/C20H22O7/c1-10-18(11-5-16(22-2)19(24-4)17(6-11)23-3)12-7-14-15(26-9-25-14)8-13(12)27-20(10)21/h5-8,10,18,20-21H,9H2,1-4H3/t10-,18+,20?/m0/s1. The maximum atomic E-state index is 10.5. The first-order chi connectivity index (χ1) is 13.1. The Kier molecular flexibility index (Phi) is 4.39. The summed E-state index contributed by atoms with van der Waals surface area (Å²) in [6.45, 7) is 2.11. The van der Waals surface area contributed by atoms with Gasteiger partial charge in [0.05, 0.1) is 21.3 Å². The van der Waals surface area contributed by atoms with Crippen LogP contribution in [-0.2, 0) is 0 Å². The molecule has 0 saturated carbocycles. The van der Waals surface area contributed by atoms with Crippen molar-refractivity contribution in [3.8, 4) is 34.5 Å². The predicted molar refractivity (Wildman–Crippen MR) is 96.3 cm³/mol. The highest BCUT2D eigenvalue weighted by Crippen LogP contribution is 2.51. The van der Waals surface area contributed by atoms with Gasteiger partial charge in [0.25, 0.3) is 0 Å². The minimum absolute atomic E-state index is 0.160. The molecule has 0 fully saturated rings. The van der Waals surface area contributed by atoms with Crippen molar-refractivity contribution in [2.24, 2.45) is 5.92 Å². The van der Waals surface area contributed by atoms with Gasteiger partial charge >= 0.3 is 0 Å². The van der Waals surface area contributed by atoms with Gasteiger partial charge < -0.3 is 33.5 Å². The van der Waals surface area contributed by atoms with Crippen LogP contribution in [0.25, 0.3) is 0 Å². The lowest BCUT2D eigenvalue weighted by molar-refractivity contribution is -0.0729. The molecule has 2 aromatic carbocycles. The van der Waals surface area contributed by atoms with Gasteiger partial charge in [-0.15, -0.1) is 0 Å². The van der Waals surface area contributed by atoms with E-state index in [1.54, 1.807) is 27.4 Å². The smallest absolute Gasteiger partial charge is 0.231 e. The lowest BCUT2D eigenvalue weighted by Gasteiger charge is -2.36. The Morgan fingerprint density at radius 1 is 0.889 bits per heavy atom. The molecule has 1 unspecified atom stereocenters. The summed E-state index contributed by atoms with van der Waals surface area (Å²) in [6.07, 6.45) is -0.957. The number of hydrogen-bond donors (Lipinski definition) is 1. The summed E-state index contributed by atoms with van der Waals surface area (Å²) < 4.78 is 33.1. The minimum Gasteiger partial charge on any atom is -0.493 e. The molecule has 3 atom stereocenters. The molecule has 0 aromatic heterocycles. The number of ether oxygens (including phenoxy) is 6. The van der Waals surface area contributed by atoms with E-state index in [0.717, 1.165) is 11.1 Å². The molecule has 2 heterocycles. The van der Waals surface area contributed by atoms with E-state index in [1.807, 2.05) is 25.1 Å². The number of aliphatic hydroxyl groups is 1. The maximum Gasteiger partial charge on any atom is 0.231 e. The summed E-state index contributed by atoms with van der Waals surface area (Å²) in [5.41, 5.74) is 1.82. The summed E-state index contributed by atoms with van der Waals surface area (Å²) >= 11 is 0. The first kappa shape index (κ1) is 17.6. The van der Waals surface area contributed by atoms with Crippen molar-refractivity contribution in [2.75, 3.05) is 28.1 Å². The highest BCUT2D eigenvalue weighted by Gasteiger charge is 2.38. The van der Waals surface area contributed by atoms with Gasteiger partial charge in [0, 0.05) is 23.5 Å². The Morgan fingerprint density at radius 3 is 2.11 bits per heavy atom. The zero-order chi connectivity index (χ0) is 19.1. The van der Waals surface area contributed by atoms with E-state index >= 15 is 0 Å². The van der Waals surface area contributed by atoms with Gasteiger partial charge in [-0.3, -0.25) is 0 Å². The van der Waals surface area contributed by atoms with Gasteiger partial charge in [-0.1, -0.05) is 6.92 Å². The molecule has 2 aliphatic heterocycles. The van der Waals surface area contributed by atoms with E-state index < -0.39 is 6.29 Å². The van der Waals surface area contributed by atoms with Crippen LogP contribution in [-0.4, -0.2) is 39.5 Å². The second-order valence-electron chi connectivity index (χ2n) is 6.55. The maximum absolute atomic E-state index is 10.5. The van der Waals surface area contributed by atoms with Crippen LogP contribution in [0.5, 0.6) is 34.5 Å². The number of methoxy groups -OCH3 is 3. The van der Waals surface area contributed by atoms with Gasteiger partial charge in [0.1, 0.15) is 5.75 Å². The molecule has 2 aliphatic rings. The van der Waals surface area contributed by atoms with Crippen LogP contribution < -0.4 is 28.4 Å². The van der Waals surface area contributed by atoms with Gasteiger partial charge in [-0.25, -0.2) is 0 Å². The lowest BCUT2D eigenvalue weighted by Crippen LogP contribution is -2.34. The van der Waals surface area contributed by atoms with Crippen LogP contribution in [0.2, 0.25) is 0 Å². The summed E-state index contributed by atoms with van der Waals surface area (Å²) in [7, 11) is 4.72. The van der Waals surface area contributed by atoms with E-state index in [4.69, 9.17) is 28.4 Å². The largest absolute Gasteiger partial charge is 0.493 e. The number of hydrogen-bond acceptors (Lipinski definition) is 7. The normalized spacial score (nSPS) is 22.6. The SMILES string of the molecule is COc1cc([C@@H]2c3cc4c(cc3OC(O)[C@H]2C)OCO4)cc(OC)c1OC. The van der Waals surface area contributed by atoms with Crippen LogP contribution in [0.3, 0.4) is 0 Å². The summed E-state index contributed by atoms with van der Waals surface area (Å²) in [5.74, 6) is 3.12. The third kappa shape index (κ3) is 2.78. The topological polar surface area (TPSA) is 75.6 Å². The molecule has 2 aromatic rings. The molecule has 7 nitrogen and oxygen atoms in total. The molecular formula is C20H22O7. The fourth-order valence-corrected chi connectivity index (χ4v) is 3.73. The van der Waals surface area contributed by atoms with Crippen LogP contribution in [0, 0.1) is 5.92 Å². The van der Waals surface area contributed by atoms with Crippen molar-refractivity contribution in [3.63, 3.8) is 0 Å². The van der Waals surface area contributed by atoms with E-state index in [2.05, 4.69) is 0 Å². The minimum atomic E-state index is -0.957. The highest BCUT2D eigenvalue weighted by atomic mass is 16.7. The van der Waals surface area contributed by atoms with Crippen molar-refractivity contribution in [1.82, 2.24) is 0 Å². The fourth-order valence-electron chi connectivity index (χ4n) is 3.73. The molecule has 144 valence electrons. The molecule has 0 radical (unpaired) electrons. The van der Waals surface area contributed by atoms with Gasteiger partial charge in [-0.05, 0) is 23.8 Å². The molecule has 1 N–H and O–H groups in total. The first-order valence-corrected chi connectivity index (χ1v) is 8.65. The molecule has 27 heavy (non-hydrogen) atoms. The van der Waals surface area contributed by atoms with Gasteiger partial charge in [-0.2, -0.15) is 0 Å². The van der Waals surface area contributed by atoms with Gasteiger partial charge in [0.15, 0.2) is 23.0 Å². The molecule has 4 rings (SSSR count). The second-order valence-corrected chi connectivity index (χ2v) is 6.55. The Bertz CT molecular complexity index is 839. The van der Waals surface area contributed by atoms with Crippen molar-refractivity contribution in [3.05, 3.63) is 35.4 Å². The van der Waals surface area contributed by atoms with E-state index in [9.17, 15) is 5.11 Å². The van der Waals surface area contributed by atoms with Crippen LogP contribution in [0.1, 0.15) is 24.0 Å². The van der Waals surface area contributed by atoms with Crippen LogP contribution in [0.4, 0.5) is 0 Å². The molecule has 0 saturated heterocycles. The van der Waals surface area contributed by atoms with Crippen molar-refractivity contribution >= 4 is 0 Å². The predicted octanol–water partition coefficient (Wildman–Crippen LogP) is 2.92. The summed E-state index contributed by atoms with van der Waals surface area (Å²) in [4.78, 5) is 0. The van der Waals surface area contributed by atoms with Crippen molar-refractivity contribution in [1.29, 1.82) is 0 Å². The van der Waals surface area contributed by atoms with Crippen molar-refractivity contribution in [2.45, 2.75) is 19.1 Å². The lowest BCUT2D eigenvalue weighted by atomic mass is 9.79. The molecule has 7 heteroatoms. The van der Waals surface area contributed by atoms with E-state index in [-0.39, 0.29) is 18.6 Å². The number of rotatable bonds is 4. The summed E-state index contributed by atoms with van der Waals surface area (Å²) in [5, 5.41) is 10.5. The van der Waals surface area contributed by atoms with Crippen LogP contribution in [0.15, 0.2) is 24.3 Å². The fraction of sp³-hybridized carbons (Fsp3) is 0.400. The summed E-state index contributed by atoms with van der Waals surface area (Å²) in [6, 6.07) is 7.47. The zero-order valence-corrected chi connectivity index (χ0v) is 15.6. The number of aliphatic hydroxyl groups excluding tert-OH is 1. The van der Waals surface area contributed by atoms with Crippen molar-refractivity contribution < 1.29 is 33.5 Å². The zero-order valence-electron chi connectivity index (χ0n) is 15.6. The van der Waals surface area contributed by atoms with E-state index in [0.29, 0.717) is 34.5 Å². The second kappa shape index (κ2) is 6.74. The average Bonchev–Trinajstić information content (AvgIpc) is 3.13. The average molecular weight is 374 g/mol. The third-order valence-corrected chi connectivity index (χ3v) is 5.11. The quantitative estimate of drug-likeness (QED) is 0.882. The Balaban J connectivity index is 1.88. The monoisotopic (exact) mass is 374 g/mol. The highest BCUT2D eigenvalue weighted by molar-refractivity contribution is 5.59. The number of fused-ring (bicyclic) bond motifs is 2. The first-order valence-electron chi connectivity index (χ1n) is 8.65. The van der Waals surface area contributed by atoms with E-state index in [1.165, 1.54) is 0 Å². The Hall–Kier alpha value is -2.80. The van der Waals surface area contributed by atoms with Gasteiger partial charge in [0.2, 0.25) is 18.8 Å². The molecule has 0 aliphatic carbocycles. The third-order valence-electron chi connectivity index (χ3n) is 5.11. The molecule has 0 amide bonds. The Morgan fingerprint density at radius 2 is 1.52 bits per heavy atom. The Labute approximate surface area is 157 Å². The molecular weight excluding hydrogens is 352 g/mol.